The summed E-state index contributed by atoms with van der Waals surface area (Å²) in [4.78, 5) is 11.9. The average molecular weight is 255 g/mol. The number of aliphatic hydroxyl groups is 1. The Hall–Kier alpha value is -0.480. The first kappa shape index (κ1) is 13.0. The van der Waals surface area contributed by atoms with Gasteiger partial charge in [0.25, 0.3) is 0 Å². The van der Waals surface area contributed by atoms with Crippen LogP contribution in [-0.2, 0) is 4.79 Å². The number of aliphatic hydroxyl groups excluding tert-OH is 1. The van der Waals surface area contributed by atoms with E-state index in [0.717, 1.165) is 50.0 Å². The van der Waals surface area contributed by atoms with Crippen molar-refractivity contribution in [3.63, 3.8) is 0 Å². The first-order chi connectivity index (χ1) is 8.24. The molecule has 2 N–H and O–H groups in total. The number of hydrogen-bond donors (Lipinski definition) is 2. The summed E-state index contributed by atoms with van der Waals surface area (Å²) in [5.41, 5.74) is 0.921. The molecular formula is C13H21NO2S. The van der Waals surface area contributed by atoms with Crippen molar-refractivity contribution in [2.24, 2.45) is 0 Å². The van der Waals surface area contributed by atoms with Crippen molar-refractivity contribution in [1.29, 1.82) is 0 Å². The summed E-state index contributed by atoms with van der Waals surface area (Å²) in [6.07, 6.45) is 7.86. The highest BCUT2D eigenvalue weighted by Gasteiger charge is 2.34. The minimum Gasteiger partial charge on any atom is -0.394 e. The van der Waals surface area contributed by atoms with E-state index >= 15 is 0 Å². The van der Waals surface area contributed by atoms with Crippen LogP contribution < -0.4 is 5.32 Å². The Morgan fingerprint density at radius 3 is 2.59 bits per heavy atom. The van der Waals surface area contributed by atoms with Gasteiger partial charge in [0.1, 0.15) is 0 Å². The van der Waals surface area contributed by atoms with E-state index in [-0.39, 0.29) is 18.1 Å². The maximum absolute atomic E-state index is 11.9. The number of thioether (sulfide) groups is 1. The van der Waals surface area contributed by atoms with Crippen molar-refractivity contribution < 1.29 is 9.90 Å². The maximum atomic E-state index is 11.9. The standard InChI is InChI=1S/C13H21NO2S/c15-10-13(5-1-2-6-13)14-12(16)9-11-3-7-17-8-4-11/h9,15H,1-8,10H2,(H,14,16). The molecule has 0 aromatic carbocycles. The quantitative estimate of drug-likeness (QED) is 0.757. The highest BCUT2D eigenvalue weighted by molar-refractivity contribution is 7.99. The lowest BCUT2D eigenvalue weighted by atomic mass is 9.98. The first-order valence-corrected chi connectivity index (χ1v) is 7.60. The Bertz CT molecular complexity index is 301. The van der Waals surface area contributed by atoms with Gasteiger partial charge in [0.2, 0.25) is 5.91 Å². The number of carbonyl (C=O) groups excluding carboxylic acids is 1. The Kier molecular flexibility index (Phi) is 4.51. The molecular weight excluding hydrogens is 234 g/mol. The van der Waals surface area contributed by atoms with Crippen molar-refractivity contribution in [3.8, 4) is 0 Å². The molecule has 3 nitrogen and oxygen atoms in total. The second-order valence-corrected chi connectivity index (χ2v) is 6.27. The monoisotopic (exact) mass is 255 g/mol. The topological polar surface area (TPSA) is 49.3 Å². The van der Waals surface area contributed by atoms with Crippen LogP contribution in [0.25, 0.3) is 0 Å². The van der Waals surface area contributed by atoms with E-state index in [1.807, 2.05) is 11.8 Å². The number of nitrogens with one attached hydrogen (secondary N) is 1. The van der Waals surface area contributed by atoms with Crippen molar-refractivity contribution in [2.75, 3.05) is 18.1 Å². The largest absolute Gasteiger partial charge is 0.394 e. The zero-order chi connectivity index (χ0) is 12.1. The van der Waals surface area contributed by atoms with Gasteiger partial charge in [-0.3, -0.25) is 4.79 Å². The molecule has 0 spiro atoms. The van der Waals surface area contributed by atoms with Crippen LogP contribution in [0.2, 0.25) is 0 Å². The molecule has 0 unspecified atom stereocenters. The van der Waals surface area contributed by atoms with E-state index in [9.17, 15) is 9.90 Å². The fraction of sp³-hybridized carbons (Fsp3) is 0.769. The summed E-state index contributed by atoms with van der Waals surface area (Å²) in [5.74, 6) is 2.25. The second-order valence-electron chi connectivity index (χ2n) is 5.05. The lowest BCUT2D eigenvalue weighted by Crippen LogP contribution is -2.48. The molecule has 1 saturated carbocycles. The molecule has 4 heteroatoms. The zero-order valence-corrected chi connectivity index (χ0v) is 11.0. The molecule has 2 rings (SSSR count). The Balaban J connectivity index is 1.91. The van der Waals surface area contributed by atoms with Gasteiger partial charge >= 0.3 is 0 Å². The van der Waals surface area contributed by atoms with E-state index in [0.29, 0.717) is 0 Å². The smallest absolute Gasteiger partial charge is 0.244 e. The summed E-state index contributed by atoms with van der Waals surface area (Å²) < 4.78 is 0. The normalized spacial score (nSPS) is 23.5. The maximum Gasteiger partial charge on any atom is 0.244 e. The fourth-order valence-electron chi connectivity index (χ4n) is 2.64. The highest BCUT2D eigenvalue weighted by atomic mass is 32.2. The fourth-order valence-corrected chi connectivity index (χ4v) is 3.65. The lowest BCUT2D eigenvalue weighted by Gasteiger charge is -2.27. The minimum atomic E-state index is -0.336. The number of allylic oxidation sites excluding steroid dienone is 1. The van der Waals surface area contributed by atoms with Gasteiger partial charge in [-0.05, 0) is 37.2 Å². The van der Waals surface area contributed by atoms with Crippen molar-refractivity contribution in [2.45, 2.75) is 44.1 Å². The summed E-state index contributed by atoms with van der Waals surface area (Å²) in [5, 5.41) is 12.4. The van der Waals surface area contributed by atoms with E-state index in [1.54, 1.807) is 6.08 Å². The Labute approximate surface area is 107 Å². The third-order valence-electron chi connectivity index (χ3n) is 3.72. The van der Waals surface area contributed by atoms with Crippen LogP contribution in [0.5, 0.6) is 0 Å². The van der Waals surface area contributed by atoms with Crippen LogP contribution in [0, 0.1) is 0 Å². The van der Waals surface area contributed by atoms with E-state index in [2.05, 4.69) is 5.32 Å². The van der Waals surface area contributed by atoms with Crippen LogP contribution in [0.1, 0.15) is 38.5 Å². The highest BCUT2D eigenvalue weighted by Crippen LogP contribution is 2.29. The third kappa shape index (κ3) is 3.49. The number of rotatable bonds is 3. The number of amides is 1. The molecule has 1 heterocycles. The van der Waals surface area contributed by atoms with Gasteiger partial charge in [0, 0.05) is 6.08 Å². The van der Waals surface area contributed by atoms with E-state index in [1.165, 1.54) is 5.57 Å². The summed E-state index contributed by atoms with van der Waals surface area (Å²) >= 11 is 1.95. The van der Waals surface area contributed by atoms with Crippen molar-refractivity contribution >= 4 is 17.7 Å². The summed E-state index contributed by atoms with van der Waals surface area (Å²) in [6, 6.07) is 0. The Morgan fingerprint density at radius 2 is 2.00 bits per heavy atom. The predicted molar refractivity (Wildman–Crippen MR) is 71.1 cm³/mol. The van der Waals surface area contributed by atoms with Crippen LogP contribution >= 0.6 is 11.8 Å². The van der Waals surface area contributed by atoms with Crippen LogP contribution in [0.3, 0.4) is 0 Å². The van der Waals surface area contributed by atoms with Crippen LogP contribution in [0.4, 0.5) is 0 Å². The van der Waals surface area contributed by atoms with Crippen LogP contribution in [0.15, 0.2) is 11.6 Å². The SMILES string of the molecule is O=C(C=C1CCSCC1)NC1(CO)CCCC1. The molecule has 0 atom stereocenters. The molecule has 2 aliphatic rings. The lowest BCUT2D eigenvalue weighted by molar-refractivity contribution is -0.118. The number of hydrogen-bond acceptors (Lipinski definition) is 3. The third-order valence-corrected chi connectivity index (χ3v) is 4.71. The first-order valence-electron chi connectivity index (χ1n) is 6.44. The molecule has 1 amide bonds. The molecule has 96 valence electrons. The van der Waals surface area contributed by atoms with Gasteiger partial charge in [-0.25, -0.2) is 0 Å². The van der Waals surface area contributed by atoms with Gasteiger partial charge in [0.15, 0.2) is 0 Å². The molecule has 17 heavy (non-hydrogen) atoms. The summed E-state index contributed by atoms with van der Waals surface area (Å²) in [6.45, 7) is 0.0672. The molecule has 0 radical (unpaired) electrons. The number of carbonyl (C=O) groups is 1. The molecule has 1 aliphatic carbocycles. The van der Waals surface area contributed by atoms with Gasteiger partial charge in [-0.1, -0.05) is 18.4 Å². The average Bonchev–Trinajstić information content (AvgIpc) is 2.79. The molecule has 0 bridgehead atoms. The van der Waals surface area contributed by atoms with E-state index in [4.69, 9.17) is 0 Å². The molecule has 1 saturated heterocycles. The Morgan fingerprint density at radius 1 is 1.35 bits per heavy atom. The molecule has 0 aromatic heterocycles. The van der Waals surface area contributed by atoms with Crippen LogP contribution in [-0.4, -0.2) is 34.7 Å². The minimum absolute atomic E-state index is 0.0112. The summed E-state index contributed by atoms with van der Waals surface area (Å²) in [7, 11) is 0. The predicted octanol–water partition coefficient (Wildman–Crippen LogP) is 1.86. The zero-order valence-electron chi connectivity index (χ0n) is 10.2. The van der Waals surface area contributed by atoms with Crippen molar-refractivity contribution in [1.82, 2.24) is 5.32 Å². The second kappa shape index (κ2) is 5.91. The molecule has 0 aromatic rings. The van der Waals surface area contributed by atoms with E-state index < -0.39 is 0 Å². The molecule has 2 fully saturated rings. The van der Waals surface area contributed by atoms with Gasteiger partial charge < -0.3 is 10.4 Å². The van der Waals surface area contributed by atoms with Gasteiger partial charge in [-0.15, -0.1) is 0 Å². The molecule has 1 aliphatic heterocycles. The van der Waals surface area contributed by atoms with Gasteiger partial charge in [0.05, 0.1) is 12.1 Å². The van der Waals surface area contributed by atoms with Gasteiger partial charge in [-0.2, -0.15) is 11.8 Å². The van der Waals surface area contributed by atoms with Crippen molar-refractivity contribution in [3.05, 3.63) is 11.6 Å².